The maximum atomic E-state index is 13.2. The molecule has 0 N–H and O–H groups in total. The van der Waals surface area contributed by atoms with Gasteiger partial charge in [0.25, 0.3) is 5.91 Å². The summed E-state index contributed by atoms with van der Waals surface area (Å²) in [7, 11) is 0. The molecule has 4 heteroatoms. The zero-order valence-electron chi connectivity index (χ0n) is 7.57. The van der Waals surface area contributed by atoms with E-state index in [0.717, 1.165) is 6.42 Å². The van der Waals surface area contributed by atoms with Crippen molar-refractivity contribution in [2.45, 2.75) is 6.42 Å². The Bertz CT molecular complexity index is 348. The van der Waals surface area contributed by atoms with E-state index in [0.29, 0.717) is 13.2 Å². The number of hydroxylamine groups is 2. The summed E-state index contributed by atoms with van der Waals surface area (Å²) >= 11 is 0. The highest BCUT2D eigenvalue weighted by atomic mass is 19.1. The molecule has 0 radical (unpaired) electrons. The van der Waals surface area contributed by atoms with E-state index in [1.54, 1.807) is 12.1 Å². The van der Waals surface area contributed by atoms with Crippen molar-refractivity contribution >= 4 is 5.91 Å². The molecule has 0 aromatic heterocycles. The number of rotatable bonds is 1. The summed E-state index contributed by atoms with van der Waals surface area (Å²) in [4.78, 5) is 16.7. The Labute approximate surface area is 81.0 Å². The van der Waals surface area contributed by atoms with Crippen LogP contribution in [0.25, 0.3) is 0 Å². The summed E-state index contributed by atoms with van der Waals surface area (Å²) in [5.41, 5.74) is 0.0643. The number of amides is 1. The fourth-order valence-electron chi connectivity index (χ4n) is 1.38. The van der Waals surface area contributed by atoms with Crippen molar-refractivity contribution in [3.8, 4) is 0 Å². The second-order valence-corrected chi connectivity index (χ2v) is 3.07. The molecule has 3 nitrogen and oxygen atoms in total. The standard InChI is InChI=1S/C10H10FNO2/c11-9-5-2-1-4-8(9)10(13)12-6-3-7-14-12/h1-2,4-5H,3,6-7H2. The molecule has 0 spiro atoms. The van der Waals surface area contributed by atoms with Gasteiger partial charge in [-0.3, -0.25) is 9.63 Å². The smallest absolute Gasteiger partial charge is 0.271 e. The summed E-state index contributed by atoms with van der Waals surface area (Å²) in [6.45, 7) is 1.06. The summed E-state index contributed by atoms with van der Waals surface area (Å²) < 4.78 is 13.2. The summed E-state index contributed by atoms with van der Waals surface area (Å²) in [5.74, 6) is -0.909. The maximum Gasteiger partial charge on any atom is 0.280 e. The Balaban J connectivity index is 2.22. The number of carbonyl (C=O) groups excluding carboxylic acids is 1. The molecular weight excluding hydrogens is 185 g/mol. The number of hydrogen-bond acceptors (Lipinski definition) is 2. The number of benzene rings is 1. The van der Waals surface area contributed by atoms with Crippen molar-refractivity contribution in [3.63, 3.8) is 0 Å². The number of nitrogens with zero attached hydrogens (tertiary/aromatic N) is 1. The fourth-order valence-corrected chi connectivity index (χ4v) is 1.38. The fraction of sp³-hybridized carbons (Fsp3) is 0.300. The molecule has 1 aromatic carbocycles. The monoisotopic (exact) mass is 195 g/mol. The normalized spacial score (nSPS) is 15.9. The van der Waals surface area contributed by atoms with E-state index in [9.17, 15) is 9.18 Å². The lowest BCUT2D eigenvalue weighted by Crippen LogP contribution is -2.27. The molecule has 0 unspecified atom stereocenters. The highest BCUT2D eigenvalue weighted by Gasteiger charge is 2.22. The Kier molecular flexibility index (Phi) is 2.45. The quantitative estimate of drug-likeness (QED) is 0.681. The molecule has 1 saturated heterocycles. The van der Waals surface area contributed by atoms with Crippen LogP contribution >= 0.6 is 0 Å². The van der Waals surface area contributed by atoms with Crippen LogP contribution in [0.4, 0.5) is 4.39 Å². The largest absolute Gasteiger partial charge is 0.280 e. The molecule has 0 atom stereocenters. The van der Waals surface area contributed by atoms with Crippen LogP contribution in [0.2, 0.25) is 0 Å². The van der Waals surface area contributed by atoms with Crippen molar-refractivity contribution in [1.82, 2.24) is 5.06 Å². The van der Waals surface area contributed by atoms with E-state index in [1.807, 2.05) is 0 Å². The zero-order chi connectivity index (χ0) is 9.97. The average molecular weight is 195 g/mol. The molecule has 0 saturated carbocycles. The van der Waals surface area contributed by atoms with E-state index in [4.69, 9.17) is 4.84 Å². The molecule has 2 rings (SSSR count). The van der Waals surface area contributed by atoms with Gasteiger partial charge in [0, 0.05) is 0 Å². The number of hydrogen-bond donors (Lipinski definition) is 0. The first-order valence-corrected chi connectivity index (χ1v) is 4.48. The van der Waals surface area contributed by atoms with E-state index >= 15 is 0 Å². The average Bonchev–Trinajstić information content (AvgIpc) is 2.70. The Morgan fingerprint density at radius 1 is 1.43 bits per heavy atom. The van der Waals surface area contributed by atoms with Gasteiger partial charge in [-0.2, -0.15) is 0 Å². The van der Waals surface area contributed by atoms with Gasteiger partial charge in [-0.1, -0.05) is 12.1 Å². The van der Waals surface area contributed by atoms with Gasteiger partial charge >= 0.3 is 0 Å². The van der Waals surface area contributed by atoms with Crippen molar-refractivity contribution in [3.05, 3.63) is 35.6 Å². The number of carbonyl (C=O) groups is 1. The van der Waals surface area contributed by atoms with Gasteiger partial charge in [0.2, 0.25) is 0 Å². The van der Waals surface area contributed by atoms with E-state index in [2.05, 4.69) is 0 Å². The van der Waals surface area contributed by atoms with Crippen molar-refractivity contribution in [2.75, 3.05) is 13.2 Å². The van der Waals surface area contributed by atoms with Crippen LogP contribution in [-0.2, 0) is 4.84 Å². The van der Waals surface area contributed by atoms with E-state index < -0.39 is 11.7 Å². The summed E-state index contributed by atoms with van der Waals surface area (Å²) in [6.07, 6.45) is 0.806. The first-order chi connectivity index (χ1) is 6.79. The molecule has 0 aliphatic carbocycles. The van der Waals surface area contributed by atoms with Gasteiger partial charge in [-0.05, 0) is 18.6 Å². The molecule has 1 heterocycles. The van der Waals surface area contributed by atoms with Gasteiger partial charge in [0.1, 0.15) is 5.82 Å². The highest BCUT2D eigenvalue weighted by Crippen LogP contribution is 2.13. The van der Waals surface area contributed by atoms with Gasteiger partial charge < -0.3 is 0 Å². The Hall–Kier alpha value is -1.42. The Morgan fingerprint density at radius 2 is 2.21 bits per heavy atom. The minimum absolute atomic E-state index is 0.0643. The third-order valence-corrected chi connectivity index (χ3v) is 2.08. The third-order valence-electron chi connectivity index (χ3n) is 2.08. The first kappa shape index (κ1) is 9.15. The number of halogens is 1. The Morgan fingerprint density at radius 3 is 2.86 bits per heavy atom. The van der Waals surface area contributed by atoms with Gasteiger partial charge in [-0.25, -0.2) is 9.45 Å². The van der Waals surface area contributed by atoms with Gasteiger partial charge in [-0.15, -0.1) is 0 Å². The lowest BCUT2D eigenvalue weighted by atomic mass is 10.2. The van der Waals surface area contributed by atoms with Crippen LogP contribution in [0.1, 0.15) is 16.8 Å². The first-order valence-electron chi connectivity index (χ1n) is 4.48. The SMILES string of the molecule is O=C(c1ccccc1F)N1CCCO1. The molecule has 1 fully saturated rings. The lowest BCUT2D eigenvalue weighted by molar-refractivity contribution is -0.0770. The van der Waals surface area contributed by atoms with Crippen molar-refractivity contribution in [1.29, 1.82) is 0 Å². The van der Waals surface area contributed by atoms with Crippen molar-refractivity contribution < 1.29 is 14.0 Å². The molecular formula is C10H10FNO2. The third kappa shape index (κ3) is 1.61. The van der Waals surface area contributed by atoms with Crippen LogP contribution < -0.4 is 0 Å². The second kappa shape index (κ2) is 3.75. The minimum atomic E-state index is -0.506. The molecule has 1 aliphatic rings. The van der Waals surface area contributed by atoms with Crippen LogP contribution in [0, 0.1) is 5.82 Å². The lowest BCUT2D eigenvalue weighted by Gasteiger charge is -2.13. The summed E-state index contributed by atoms with van der Waals surface area (Å²) in [5, 5.41) is 1.21. The maximum absolute atomic E-state index is 13.2. The molecule has 1 amide bonds. The summed E-state index contributed by atoms with van der Waals surface area (Å²) in [6, 6.07) is 5.91. The van der Waals surface area contributed by atoms with Crippen molar-refractivity contribution in [2.24, 2.45) is 0 Å². The van der Waals surface area contributed by atoms with Crippen LogP contribution in [-0.4, -0.2) is 24.1 Å². The van der Waals surface area contributed by atoms with Crippen LogP contribution in [0.15, 0.2) is 24.3 Å². The van der Waals surface area contributed by atoms with Crippen LogP contribution in [0.3, 0.4) is 0 Å². The predicted octanol–water partition coefficient (Wildman–Crippen LogP) is 1.60. The molecule has 1 aromatic rings. The van der Waals surface area contributed by atoms with Crippen LogP contribution in [0.5, 0.6) is 0 Å². The van der Waals surface area contributed by atoms with Gasteiger partial charge in [0.15, 0.2) is 0 Å². The van der Waals surface area contributed by atoms with E-state index in [1.165, 1.54) is 17.2 Å². The van der Waals surface area contributed by atoms with E-state index in [-0.39, 0.29) is 5.56 Å². The zero-order valence-corrected chi connectivity index (χ0v) is 7.57. The minimum Gasteiger partial charge on any atom is -0.271 e. The second-order valence-electron chi connectivity index (χ2n) is 3.07. The molecule has 14 heavy (non-hydrogen) atoms. The molecule has 74 valence electrons. The van der Waals surface area contributed by atoms with Gasteiger partial charge in [0.05, 0.1) is 18.7 Å². The molecule has 0 bridgehead atoms. The predicted molar refractivity (Wildman–Crippen MR) is 48.0 cm³/mol. The highest BCUT2D eigenvalue weighted by molar-refractivity contribution is 5.93. The topological polar surface area (TPSA) is 29.5 Å². The molecule has 1 aliphatic heterocycles.